The van der Waals surface area contributed by atoms with Crippen LogP contribution >= 0.6 is 0 Å². The van der Waals surface area contributed by atoms with Crippen LogP contribution in [0.15, 0.2) is 24.3 Å². The van der Waals surface area contributed by atoms with Gasteiger partial charge in [-0.05, 0) is 43.7 Å². The van der Waals surface area contributed by atoms with E-state index in [1.54, 1.807) is 7.11 Å². The molecule has 0 amide bonds. The largest absolute Gasteiger partial charge is 0.380 e. The third-order valence-electron chi connectivity index (χ3n) is 4.17. The summed E-state index contributed by atoms with van der Waals surface area (Å²) in [5.74, 6) is 0.876. The van der Waals surface area contributed by atoms with Gasteiger partial charge in [-0.15, -0.1) is 0 Å². The molecule has 0 bridgehead atoms. The lowest BCUT2D eigenvalue weighted by Gasteiger charge is -2.35. The van der Waals surface area contributed by atoms with Crippen LogP contribution in [-0.2, 0) is 11.3 Å². The Labute approximate surface area is 123 Å². The second kappa shape index (κ2) is 7.21. The van der Waals surface area contributed by atoms with E-state index in [2.05, 4.69) is 43.0 Å². The van der Waals surface area contributed by atoms with Gasteiger partial charge in [0.15, 0.2) is 0 Å². The standard InChI is InChI=1S/C17H28N2O/c1-13(2)19(11-14-8-9-14)17(10-18)16-7-5-4-6-15(16)12-20-3/h4-7,13-14,17H,8-12,18H2,1-3H3. The third-order valence-corrected chi connectivity index (χ3v) is 4.17. The molecule has 1 unspecified atom stereocenters. The zero-order valence-electron chi connectivity index (χ0n) is 13.0. The zero-order chi connectivity index (χ0) is 14.5. The summed E-state index contributed by atoms with van der Waals surface area (Å²) < 4.78 is 5.34. The second-order valence-electron chi connectivity index (χ2n) is 6.12. The number of nitrogens with two attached hydrogens (primary N) is 1. The summed E-state index contributed by atoms with van der Waals surface area (Å²) in [4.78, 5) is 2.56. The number of ether oxygens (including phenoxy) is 1. The molecule has 112 valence electrons. The van der Waals surface area contributed by atoms with Crippen LogP contribution in [0.1, 0.15) is 43.9 Å². The lowest BCUT2D eigenvalue weighted by molar-refractivity contribution is 0.144. The van der Waals surface area contributed by atoms with Gasteiger partial charge >= 0.3 is 0 Å². The fourth-order valence-electron chi connectivity index (χ4n) is 2.88. The highest BCUT2D eigenvalue weighted by molar-refractivity contribution is 5.30. The van der Waals surface area contributed by atoms with Crippen LogP contribution in [0.5, 0.6) is 0 Å². The van der Waals surface area contributed by atoms with Crippen LogP contribution < -0.4 is 5.73 Å². The molecule has 0 spiro atoms. The van der Waals surface area contributed by atoms with Crippen LogP contribution in [0.2, 0.25) is 0 Å². The molecule has 3 heteroatoms. The Morgan fingerprint density at radius 2 is 2.00 bits per heavy atom. The first kappa shape index (κ1) is 15.5. The summed E-state index contributed by atoms with van der Waals surface area (Å²) >= 11 is 0. The SMILES string of the molecule is COCc1ccccc1C(CN)N(CC1CC1)C(C)C. The first-order valence-electron chi connectivity index (χ1n) is 7.70. The van der Waals surface area contributed by atoms with Crippen LogP contribution in [0.4, 0.5) is 0 Å². The number of hydrogen-bond acceptors (Lipinski definition) is 3. The van der Waals surface area contributed by atoms with Gasteiger partial charge in [-0.25, -0.2) is 0 Å². The minimum Gasteiger partial charge on any atom is -0.380 e. The maximum absolute atomic E-state index is 6.12. The molecule has 3 nitrogen and oxygen atoms in total. The van der Waals surface area contributed by atoms with E-state index >= 15 is 0 Å². The Bertz CT molecular complexity index is 415. The van der Waals surface area contributed by atoms with E-state index in [0.717, 1.165) is 5.92 Å². The minimum atomic E-state index is 0.293. The average molecular weight is 276 g/mol. The van der Waals surface area contributed by atoms with Crippen molar-refractivity contribution in [1.82, 2.24) is 4.90 Å². The highest BCUT2D eigenvalue weighted by Gasteiger charge is 2.30. The number of rotatable bonds is 8. The van der Waals surface area contributed by atoms with Crippen LogP contribution in [-0.4, -0.2) is 31.1 Å². The highest BCUT2D eigenvalue weighted by atomic mass is 16.5. The van der Waals surface area contributed by atoms with Crippen molar-refractivity contribution in [1.29, 1.82) is 0 Å². The summed E-state index contributed by atoms with van der Waals surface area (Å²) in [5.41, 5.74) is 8.70. The molecule has 0 heterocycles. The lowest BCUT2D eigenvalue weighted by atomic mass is 9.98. The molecule has 1 aromatic rings. The van der Waals surface area contributed by atoms with E-state index in [0.29, 0.717) is 25.2 Å². The molecule has 0 aliphatic heterocycles. The fourth-order valence-corrected chi connectivity index (χ4v) is 2.88. The predicted molar refractivity (Wildman–Crippen MR) is 83.5 cm³/mol. The van der Waals surface area contributed by atoms with Crippen molar-refractivity contribution in [2.75, 3.05) is 20.2 Å². The topological polar surface area (TPSA) is 38.5 Å². The molecule has 2 rings (SSSR count). The van der Waals surface area contributed by atoms with Crippen LogP contribution in [0, 0.1) is 5.92 Å². The van der Waals surface area contributed by atoms with Gasteiger partial charge in [0.2, 0.25) is 0 Å². The van der Waals surface area contributed by atoms with Crippen molar-refractivity contribution in [3.63, 3.8) is 0 Å². The van der Waals surface area contributed by atoms with Crippen molar-refractivity contribution in [3.05, 3.63) is 35.4 Å². The molecular formula is C17H28N2O. The Balaban J connectivity index is 2.24. The van der Waals surface area contributed by atoms with E-state index in [4.69, 9.17) is 10.5 Å². The summed E-state index contributed by atoms with van der Waals surface area (Å²) in [6.07, 6.45) is 2.75. The molecule has 1 saturated carbocycles. The van der Waals surface area contributed by atoms with E-state index in [1.807, 2.05) is 0 Å². The number of hydrogen-bond donors (Lipinski definition) is 1. The molecule has 20 heavy (non-hydrogen) atoms. The van der Waals surface area contributed by atoms with Gasteiger partial charge in [0, 0.05) is 32.3 Å². The van der Waals surface area contributed by atoms with Crippen LogP contribution in [0.3, 0.4) is 0 Å². The summed E-state index contributed by atoms with van der Waals surface area (Å²) in [7, 11) is 1.75. The smallest absolute Gasteiger partial charge is 0.0716 e. The number of nitrogens with zero attached hydrogens (tertiary/aromatic N) is 1. The molecule has 1 fully saturated rings. The second-order valence-corrected chi connectivity index (χ2v) is 6.12. The Hall–Kier alpha value is -0.900. The average Bonchev–Trinajstić information content (AvgIpc) is 3.24. The number of methoxy groups -OCH3 is 1. The van der Waals surface area contributed by atoms with E-state index in [9.17, 15) is 0 Å². The molecule has 1 aromatic carbocycles. The van der Waals surface area contributed by atoms with Gasteiger partial charge in [0.05, 0.1) is 6.61 Å². The van der Waals surface area contributed by atoms with Gasteiger partial charge in [0.1, 0.15) is 0 Å². The maximum atomic E-state index is 6.12. The fraction of sp³-hybridized carbons (Fsp3) is 0.647. The molecule has 0 radical (unpaired) electrons. The normalized spacial score (nSPS) is 16.9. The van der Waals surface area contributed by atoms with Crippen molar-refractivity contribution >= 4 is 0 Å². The van der Waals surface area contributed by atoms with Gasteiger partial charge < -0.3 is 10.5 Å². The Morgan fingerprint density at radius 1 is 1.30 bits per heavy atom. The molecule has 2 N–H and O–H groups in total. The first-order chi connectivity index (χ1) is 9.67. The van der Waals surface area contributed by atoms with E-state index in [1.165, 1.54) is 30.5 Å². The van der Waals surface area contributed by atoms with E-state index in [-0.39, 0.29) is 0 Å². The highest BCUT2D eigenvalue weighted by Crippen LogP contribution is 2.34. The quantitative estimate of drug-likeness (QED) is 0.793. The van der Waals surface area contributed by atoms with E-state index < -0.39 is 0 Å². The summed E-state index contributed by atoms with van der Waals surface area (Å²) in [5, 5.41) is 0. The molecular weight excluding hydrogens is 248 g/mol. The molecule has 0 aromatic heterocycles. The monoisotopic (exact) mass is 276 g/mol. The van der Waals surface area contributed by atoms with Gasteiger partial charge in [-0.1, -0.05) is 24.3 Å². The van der Waals surface area contributed by atoms with Gasteiger partial charge in [-0.3, -0.25) is 4.90 Å². The Kier molecular flexibility index (Phi) is 5.58. The van der Waals surface area contributed by atoms with Crippen molar-refractivity contribution in [2.24, 2.45) is 11.7 Å². The van der Waals surface area contributed by atoms with Crippen molar-refractivity contribution in [2.45, 2.75) is 45.4 Å². The zero-order valence-corrected chi connectivity index (χ0v) is 13.0. The van der Waals surface area contributed by atoms with Gasteiger partial charge in [-0.2, -0.15) is 0 Å². The first-order valence-corrected chi connectivity index (χ1v) is 7.70. The third kappa shape index (κ3) is 3.81. The molecule has 1 aliphatic rings. The lowest BCUT2D eigenvalue weighted by Crippen LogP contribution is -2.40. The molecule has 1 atom stereocenters. The van der Waals surface area contributed by atoms with Crippen molar-refractivity contribution < 1.29 is 4.74 Å². The number of benzene rings is 1. The molecule has 0 saturated heterocycles. The summed E-state index contributed by atoms with van der Waals surface area (Å²) in [6, 6.07) is 9.34. The van der Waals surface area contributed by atoms with Crippen molar-refractivity contribution in [3.8, 4) is 0 Å². The van der Waals surface area contributed by atoms with Crippen LogP contribution in [0.25, 0.3) is 0 Å². The minimum absolute atomic E-state index is 0.293. The Morgan fingerprint density at radius 3 is 2.55 bits per heavy atom. The summed E-state index contributed by atoms with van der Waals surface area (Å²) in [6.45, 7) is 7.02. The molecule has 1 aliphatic carbocycles. The maximum Gasteiger partial charge on any atom is 0.0716 e. The predicted octanol–water partition coefficient (Wildman–Crippen LogP) is 2.95. The van der Waals surface area contributed by atoms with Gasteiger partial charge in [0.25, 0.3) is 0 Å².